The van der Waals surface area contributed by atoms with Crippen molar-refractivity contribution in [1.82, 2.24) is 10.2 Å². The van der Waals surface area contributed by atoms with Crippen molar-refractivity contribution in [1.29, 1.82) is 0 Å². The van der Waals surface area contributed by atoms with Gasteiger partial charge in [0.15, 0.2) is 6.10 Å². The molecule has 1 N–H and O–H groups in total. The molecule has 1 atom stereocenters. The summed E-state index contributed by atoms with van der Waals surface area (Å²) in [6.45, 7) is 3.13. The van der Waals surface area contributed by atoms with Crippen LogP contribution in [0.5, 0.6) is 11.5 Å². The van der Waals surface area contributed by atoms with Crippen LogP contribution in [0.2, 0.25) is 5.02 Å². The number of ether oxygens (including phenoxy) is 2. The smallest absolute Gasteiger partial charge is 0.264 e. The maximum Gasteiger partial charge on any atom is 0.264 e. The number of hydrogen-bond acceptors (Lipinski definition) is 6. The lowest BCUT2D eigenvalue weighted by atomic mass is 10.0. The number of nitrogens with one attached hydrogen (secondary N) is 1. The van der Waals surface area contributed by atoms with Gasteiger partial charge in [-0.3, -0.25) is 14.0 Å². The standard InChI is InChI=1S/C29H32ClN3O5S/c1-37-24-10-12-25(13-11-24)39(35,36)33-20-28(38-27-14-9-23(30)17-26(27)33)29(34)31-18-21-7-3-4-8-22(21)19-32-15-5-2-6-16-32/h3-4,7-14,17,28H,2,5-6,15-16,18-20H2,1H3,(H,31,34). The Hall–Kier alpha value is -3.27. The van der Waals surface area contributed by atoms with E-state index < -0.39 is 22.0 Å². The van der Waals surface area contributed by atoms with Gasteiger partial charge in [0.25, 0.3) is 15.9 Å². The normalized spacial score (nSPS) is 17.7. The van der Waals surface area contributed by atoms with Gasteiger partial charge in [-0.25, -0.2) is 8.42 Å². The first kappa shape index (κ1) is 27.3. The molecule has 2 heterocycles. The van der Waals surface area contributed by atoms with E-state index in [0.717, 1.165) is 25.2 Å². The molecule has 39 heavy (non-hydrogen) atoms. The molecule has 2 aliphatic rings. The molecule has 0 saturated carbocycles. The number of benzene rings is 3. The zero-order valence-electron chi connectivity index (χ0n) is 21.8. The number of nitrogens with zero attached hydrogens (tertiary/aromatic N) is 2. The molecule has 2 aliphatic heterocycles. The molecule has 8 nitrogen and oxygen atoms in total. The first-order chi connectivity index (χ1) is 18.8. The fourth-order valence-corrected chi connectivity index (χ4v) is 6.64. The highest BCUT2D eigenvalue weighted by molar-refractivity contribution is 7.92. The Morgan fingerprint density at radius 3 is 2.46 bits per heavy atom. The summed E-state index contributed by atoms with van der Waals surface area (Å²) >= 11 is 6.20. The van der Waals surface area contributed by atoms with E-state index in [1.165, 1.54) is 54.4 Å². The number of sulfonamides is 1. The topological polar surface area (TPSA) is 88.2 Å². The summed E-state index contributed by atoms with van der Waals surface area (Å²) in [7, 11) is -2.51. The Morgan fingerprint density at radius 1 is 1.03 bits per heavy atom. The van der Waals surface area contributed by atoms with Crippen molar-refractivity contribution in [2.24, 2.45) is 0 Å². The Balaban J connectivity index is 1.34. The summed E-state index contributed by atoms with van der Waals surface area (Å²) < 4.78 is 39.7. The van der Waals surface area contributed by atoms with E-state index in [4.69, 9.17) is 21.1 Å². The molecule has 0 radical (unpaired) electrons. The van der Waals surface area contributed by atoms with Gasteiger partial charge in [-0.05, 0) is 79.5 Å². The van der Waals surface area contributed by atoms with Crippen molar-refractivity contribution >= 4 is 33.2 Å². The Bertz CT molecular complexity index is 1430. The lowest BCUT2D eigenvalue weighted by Gasteiger charge is -2.35. The highest BCUT2D eigenvalue weighted by Gasteiger charge is 2.37. The van der Waals surface area contributed by atoms with Gasteiger partial charge in [-0.1, -0.05) is 42.3 Å². The third-order valence-electron chi connectivity index (χ3n) is 7.14. The first-order valence-electron chi connectivity index (χ1n) is 13.0. The number of piperidine rings is 1. The predicted molar refractivity (Wildman–Crippen MR) is 151 cm³/mol. The second kappa shape index (κ2) is 11.9. The summed E-state index contributed by atoms with van der Waals surface area (Å²) in [6.07, 6.45) is 2.65. The molecule has 1 amide bonds. The van der Waals surface area contributed by atoms with Crippen LogP contribution in [0.25, 0.3) is 0 Å². The summed E-state index contributed by atoms with van der Waals surface area (Å²) in [4.78, 5) is 15.8. The van der Waals surface area contributed by atoms with Crippen LogP contribution in [0.4, 0.5) is 5.69 Å². The van der Waals surface area contributed by atoms with Crippen LogP contribution in [0.1, 0.15) is 30.4 Å². The van der Waals surface area contributed by atoms with Crippen LogP contribution in [0.15, 0.2) is 71.6 Å². The summed E-state index contributed by atoms with van der Waals surface area (Å²) in [5.74, 6) is 0.420. The molecule has 0 aliphatic carbocycles. The Labute approximate surface area is 234 Å². The number of carbonyl (C=O) groups is 1. The number of fused-ring (bicyclic) bond motifs is 1. The van der Waals surface area contributed by atoms with Gasteiger partial charge < -0.3 is 14.8 Å². The SMILES string of the molecule is COc1ccc(S(=O)(=O)N2CC(C(=O)NCc3ccccc3CN3CCCCC3)Oc3ccc(Cl)cc32)cc1. The number of likely N-dealkylation sites (tertiary alicyclic amines) is 1. The van der Waals surface area contributed by atoms with Crippen LogP contribution >= 0.6 is 11.6 Å². The summed E-state index contributed by atoms with van der Waals surface area (Å²) in [5, 5.41) is 3.33. The van der Waals surface area contributed by atoms with Crippen LogP contribution in [-0.4, -0.2) is 52.1 Å². The summed E-state index contributed by atoms with van der Waals surface area (Å²) in [6, 6.07) is 18.9. The molecule has 3 aromatic rings. The zero-order valence-corrected chi connectivity index (χ0v) is 23.4. The van der Waals surface area contributed by atoms with Crippen LogP contribution < -0.4 is 19.1 Å². The molecule has 0 bridgehead atoms. The predicted octanol–water partition coefficient (Wildman–Crippen LogP) is 4.61. The molecule has 5 rings (SSSR count). The minimum Gasteiger partial charge on any atom is -0.497 e. The largest absolute Gasteiger partial charge is 0.497 e. The molecule has 1 fully saturated rings. The fourth-order valence-electron chi connectivity index (χ4n) is 5.00. The molecule has 0 spiro atoms. The number of amides is 1. The lowest BCUT2D eigenvalue weighted by molar-refractivity contribution is -0.127. The summed E-state index contributed by atoms with van der Waals surface area (Å²) in [5.41, 5.74) is 2.49. The van der Waals surface area contributed by atoms with Crippen LogP contribution in [0.3, 0.4) is 0 Å². The van der Waals surface area contributed by atoms with Crippen LogP contribution in [-0.2, 0) is 27.9 Å². The van der Waals surface area contributed by atoms with Crippen molar-refractivity contribution in [3.05, 3.63) is 82.9 Å². The van der Waals surface area contributed by atoms with Gasteiger partial charge in [0.1, 0.15) is 11.5 Å². The minimum absolute atomic E-state index is 0.0712. The van der Waals surface area contributed by atoms with Gasteiger partial charge in [0.2, 0.25) is 0 Å². The lowest BCUT2D eigenvalue weighted by Crippen LogP contribution is -2.50. The maximum absolute atomic E-state index is 13.7. The average molecular weight is 570 g/mol. The molecule has 10 heteroatoms. The van der Waals surface area contributed by atoms with Gasteiger partial charge in [-0.2, -0.15) is 0 Å². The zero-order chi connectivity index (χ0) is 27.4. The highest BCUT2D eigenvalue weighted by Crippen LogP contribution is 2.39. The Kier molecular flexibility index (Phi) is 8.30. The van der Waals surface area contributed by atoms with E-state index in [9.17, 15) is 13.2 Å². The maximum atomic E-state index is 13.7. The third-order valence-corrected chi connectivity index (χ3v) is 9.17. The van der Waals surface area contributed by atoms with E-state index >= 15 is 0 Å². The van der Waals surface area contributed by atoms with Gasteiger partial charge in [-0.15, -0.1) is 0 Å². The van der Waals surface area contributed by atoms with Crippen molar-refractivity contribution in [3.8, 4) is 11.5 Å². The number of hydrogen-bond donors (Lipinski definition) is 1. The second-order valence-electron chi connectivity index (χ2n) is 9.75. The second-order valence-corrected chi connectivity index (χ2v) is 12.1. The van der Waals surface area contributed by atoms with E-state index in [-0.39, 0.29) is 22.9 Å². The fraction of sp³-hybridized carbons (Fsp3) is 0.345. The molecule has 1 unspecified atom stereocenters. The molecule has 3 aromatic carbocycles. The molecular weight excluding hydrogens is 538 g/mol. The van der Waals surface area contributed by atoms with E-state index in [1.807, 2.05) is 18.2 Å². The van der Waals surface area contributed by atoms with Crippen molar-refractivity contribution in [2.75, 3.05) is 31.0 Å². The van der Waals surface area contributed by atoms with Crippen molar-refractivity contribution in [2.45, 2.75) is 43.4 Å². The van der Waals surface area contributed by atoms with E-state index in [1.54, 1.807) is 24.3 Å². The number of rotatable bonds is 8. The Morgan fingerprint density at radius 2 is 1.74 bits per heavy atom. The molecule has 1 saturated heterocycles. The minimum atomic E-state index is -4.02. The van der Waals surface area contributed by atoms with Gasteiger partial charge >= 0.3 is 0 Å². The third kappa shape index (κ3) is 6.16. The first-order valence-corrected chi connectivity index (χ1v) is 14.9. The highest BCUT2D eigenvalue weighted by atomic mass is 35.5. The molecule has 0 aromatic heterocycles. The molecule has 206 valence electrons. The van der Waals surface area contributed by atoms with Crippen molar-refractivity contribution in [3.63, 3.8) is 0 Å². The average Bonchev–Trinajstić information content (AvgIpc) is 2.96. The van der Waals surface area contributed by atoms with Crippen molar-refractivity contribution < 1.29 is 22.7 Å². The van der Waals surface area contributed by atoms with E-state index in [0.29, 0.717) is 17.3 Å². The molecular formula is C29H32ClN3O5S. The number of carbonyl (C=O) groups excluding carboxylic acids is 1. The quantitative estimate of drug-likeness (QED) is 0.426. The number of halogens is 1. The van der Waals surface area contributed by atoms with Crippen LogP contribution in [0, 0.1) is 0 Å². The van der Waals surface area contributed by atoms with Gasteiger partial charge in [0, 0.05) is 18.1 Å². The number of methoxy groups -OCH3 is 1. The van der Waals surface area contributed by atoms with E-state index in [2.05, 4.69) is 16.3 Å². The van der Waals surface area contributed by atoms with Gasteiger partial charge in [0.05, 0.1) is 24.2 Å². The monoisotopic (exact) mass is 569 g/mol. The number of anilines is 1.